The number of nitrogens with zero attached hydrogens (tertiary/aromatic N) is 4. The van der Waals surface area contributed by atoms with Crippen LogP contribution in [0.5, 0.6) is 0 Å². The number of anilines is 3. The molecule has 0 aliphatic rings. The Hall–Kier alpha value is -2.70. The van der Waals surface area contributed by atoms with E-state index in [-0.39, 0.29) is 5.82 Å². The van der Waals surface area contributed by atoms with Gasteiger partial charge in [-0.15, -0.1) is 0 Å². The second kappa shape index (κ2) is 5.35. The number of aromatic amines is 1. The van der Waals surface area contributed by atoms with E-state index < -0.39 is 0 Å². The van der Waals surface area contributed by atoms with Crippen LogP contribution in [0.25, 0.3) is 11.2 Å². The van der Waals surface area contributed by atoms with Crippen molar-refractivity contribution >= 4 is 28.6 Å². The molecule has 0 radical (unpaired) electrons. The maximum atomic E-state index is 14.1. The molecule has 0 atom stereocenters. The predicted octanol–water partition coefficient (Wildman–Crippen LogP) is 2.69. The van der Waals surface area contributed by atoms with E-state index in [1.165, 1.54) is 6.07 Å². The molecule has 0 spiro atoms. The van der Waals surface area contributed by atoms with Gasteiger partial charge in [0.2, 0.25) is 5.95 Å². The van der Waals surface area contributed by atoms with E-state index in [2.05, 4.69) is 25.3 Å². The van der Waals surface area contributed by atoms with E-state index in [9.17, 15) is 4.39 Å². The topological polar surface area (TPSA) is 69.7 Å². The van der Waals surface area contributed by atoms with Crippen molar-refractivity contribution in [2.45, 2.75) is 6.92 Å². The van der Waals surface area contributed by atoms with Crippen LogP contribution in [0.15, 0.2) is 30.6 Å². The van der Waals surface area contributed by atoms with Gasteiger partial charge in [-0.3, -0.25) is 0 Å². The van der Waals surface area contributed by atoms with Gasteiger partial charge in [-0.25, -0.2) is 9.37 Å². The monoisotopic (exact) mass is 286 g/mol. The lowest BCUT2D eigenvalue weighted by atomic mass is 10.2. The fourth-order valence-electron chi connectivity index (χ4n) is 2.23. The molecule has 2 aromatic heterocycles. The van der Waals surface area contributed by atoms with Gasteiger partial charge in [0, 0.05) is 13.6 Å². The van der Waals surface area contributed by atoms with Crippen LogP contribution >= 0.6 is 0 Å². The molecule has 21 heavy (non-hydrogen) atoms. The summed E-state index contributed by atoms with van der Waals surface area (Å²) in [6.07, 6.45) is 1.55. The number of rotatable bonds is 4. The standard InChI is InChI=1S/C14H15FN6/c1-3-21(10-7-5-4-6-9(10)15)13-11-12(18-8-17-11)19-14(16-2)20-13/h4-8H,3H2,1-2H3,(H2,16,17,18,19,20). The Labute approximate surface area is 121 Å². The largest absolute Gasteiger partial charge is 0.357 e. The second-order valence-electron chi connectivity index (χ2n) is 4.42. The van der Waals surface area contributed by atoms with E-state index in [0.717, 1.165) is 0 Å². The van der Waals surface area contributed by atoms with Gasteiger partial charge in [0.15, 0.2) is 11.5 Å². The summed E-state index contributed by atoms with van der Waals surface area (Å²) in [5.41, 5.74) is 1.69. The number of imidazole rings is 1. The molecule has 7 heteroatoms. The molecule has 3 rings (SSSR count). The van der Waals surface area contributed by atoms with Crippen LogP contribution in [-0.2, 0) is 0 Å². The van der Waals surface area contributed by atoms with Crippen molar-refractivity contribution < 1.29 is 4.39 Å². The number of aromatic nitrogens is 4. The zero-order chi connectivity index (χ0) is 14.8. The predicted molar refractivity (Wildman–Crippen MR) is 80.3 cm³/mol. The minimum Gasteiger partial charge on any atom is -0.357 e. The summed E-state index contributed by atoms with van der Waals surface area (Å²) in [6, 6.07) is 6.62. The normalized spacial score (nSPS) is 10.8. The first kappa shape index (κ1) is 13.3. The Balaban J connectivity index is 2.21. The minimum atomic E-state index is -0.295. The van der Waals surface area contributed by atoms with Gasteiger partial charge in [0.25, 0.3) is 0 Å². The lowest BCUT2D eigenvalue weighted by Gasteiger charge is -2.23. The first-order valence-electron chi connectivity index (χ1n) is 6.65. The maximum absolute atomic E-state index is 14.1. The summed E-state index contributed by atoms with van der Waals surface area (Å²) >= 11 is 0. The van der Waals surface area contributed by atoms with Crippen LogP contribution < -0.4 is 10.2 Å². The number of nitrogens with one attached hydrogen (secondary N) is 2. The Bertz CT molecular complexity index is 769. The summed E-state index contributed by atoms with van der Waals surface area (Å²) in [5, 5.41) is 2.90. The molecule has 6 nitrogen and oxygen atoms in total. The number of hydrogen-bond acceptors (Lipinski definition) is 5. The van der Waals surface area contributed by atoms with Crippen LogP contribution in [0.4, 0.5) is 21.8 Å². The van der Waals surface area contributed by atoms with Gasteiger partial charge in [-0.2, -0.15) is 9.97 Å². The molecule has 3 aromatic rings. The summed E-state index contributed by atoms with van der Waals surface area (Å²) < 4.78 is 14.1. The van der Waals surface area contributed by atoms with Crippen LogP contribution in [0.1, 0.15) is 6.92 Å². The zero-order valence-corrected chi connectivity index (χ0v) is 11.8. The highest BCUT2D eigenvalue weighted by Gasteiger charge is 2.18. The molecule has 2 N–H and O–H groups in total. The number of fused-ring (bicyclic) bond motifs is 1. The third kappa shape index (κ3) is 2.26. The molecule has 0 unspecified atom stereocenters. The van der Waals surface area contributed by atoms with Gasteiger partial charge in [0.05, 0.1) is 12.0 Å². The number of para-hydroxylation sites is 1. The second-order valence-corrected chi connectivity index (χ2v) is 4.42. The molecule has 0 bridgehead atoms. The fraction of sp³-hybridized carbons (Fsp3) is 0.214. The van der Waals surface area contributed by atoms with Crippen molar-refractivity contribution in [3.8, 4) is 0 Å². The molecule has 0 saturated carbocycles. The molecule has 1 aromatic carbocycles. The van der Waals surface area contributed by atoms with Crippen molar-refractivity contribution in [3.05, 3.63) is 36.4 Å². The minimum absolute atomic E-state index is 0.295. The maximum Gasteiger partial charge on any atom is 0.226 e. The molecule has 0 fully saturated rings. The van der Waals surface area contributed by atoms with Crippen LogP contribution in [0, 0.1) is 5.82 Å². The van der Waals surface area contributed by atoms with Gasteiger partial charge in [-0.05, 0) is 19.1 Å². The highest BCUT2D eigenvalue weighted by atomic mass is 19.1. The number of benzene rings is 1. The van der Waals surface area contributed by atoms with Crippen molar-refractivity contribution in [3.63, 3.8) is 0 Å². The summed E-state index contributed by atoms with van der Waals surface area (Å²) in [5.74, 6) is 0.741. The fourth-order valence-corrected chi connectivity index (χ4v) is 2.23. The Morgan fingerprint density at radius 1 is 1.29 bits per heavy atom. The smallest absolute Gasteiger partial charge is 0.226 e. The lowest BCUT2D eigenvalue weighted by Crippen LogP contribution is -2.20. The summed E-state index contributed by atoms with van der Waals surface area (Å²) in [7, 11) is 1.73. The Kier molecular flexibility index (Phi) is 3.39. The van der Waals surface area contributed by atoms with Crippen molar-refractivity contribution in [1.29, 1.82) is 0 Å². The molecule has 108 valence electrons. The SMILES string of the molecule is CCN(c1ccccc1F)c1nc(NC)nc2nc[nH]c12. The molecular formula is C14H15FN6. The number of halogens is 1. The first-order chi connectivity index (χ1) is 10.2. The van der Waals surface area contributed by atoms with Crippen LogP contribution in [0.3, 0.4) is 0 Å². The third-order valence-corrected chi connectivity index (χ3v) is 3.21. The molecular weight excluding hydrogens is 271 g/mol. The summed E-state index contributed by atoms with van der Waals surface area (Å²) in [4.78, 5) is 17.7. The lowest BCUT2D eigenvalue weighted by molar-refractivity contribution is 0.625. The molecule has 0 aliphatic carbocycles. The summed E-state index contributed by atoms with van der Waals surface area (Å²) in [6.45, 7) is 2.50. The van der Waals surface area contributed by atoms with Crippen molar-refractivity contribution in [2.75, 3.05) is 23.8 Å². The molecule has 2 heterocycles. The quantitative estimate of drug-likeness (QED) is 0.771. The Morgan fingerprint density at radius 2 is 2.10 bits per heavy atom. The van der Waals surface area contributed by atoms with Crippen molar-refractivity contribution in [2.24, 2.45) is 0 Å². The van der Waals surface area contributed by atoms with E-state index in [1.807, 2.05) is 6.92 Å². The zero-order valence-electron chi connectivity index (χ0n) is 11.8. The highest BCUT2D eigenvalue weighted by Crippen LogP contribution is 2.30. The van der Waals surface area contributed by atoms with E-state index in [4.69, 9.17) is 0 Å². The van der Waals surface area contributed by atoms with E-state index >= 15 is 0 Å². The van der Waals surface area contributed by atoms with Crippen LogP contribution in [0.2, 0.25) is 0 Å². The average molecular weight is 286 g/mol. The van der Waals surface area contributed by atoms with Gasteiger partial charge >= 0.3 is 0 Å². The van der Waals surface area contributed by atoms with Crippen LogP contribution in [-0.4, -0.2) is 33.5 Å². The number of hydrogen-bond donors (Lipinski definition) is 2. The van der Waals surface area contributed by atoms with E-state index in [1.54, 1.807) is 36.5 Å². The molecule has 0 amide bonds. The third-order valence-electron chi connectivity index (χ3n) is 3.21. The Morgan fingerprint density at radius 3 is 2.81 bits per heavy atom. The first-order valence-corrected chi connectivity index (χ1v) is 6.65. The molecule has 0 aliphatic heterocycles. The highest BCUT2D eigenvalue weighted by molar-refractivity contribution is 5.87. The average Bonchev–Trinajstić information content (AvgIpc) is 2.98. The van der Waals surface area contributed by atoms with Gasteiger partial charge in [-0.1, -0.05) is 12.1 Å². The number of H-pyrrole nitrogens is 1. The van der Waals surface area contributed by atoms with Gasteiger partial charge < -0.3 is 15.2 Å². The van der Waals surface area contributed by atoms with E-state index in [0.29, 0.717) is 35.2 Å². The van der Waals surface area contributed by atoms with Gasteiger partial charge in [0.1, 0.15) is 11.3 Å². The molecule has 0 saturated heterocycles. The van der Waals surface area contributed by atoms with Crippen molar-refractivity contribution in [1.82, 2.24) is 19.9 Å².